The summed E-state index contributed by atoms with van der Waals surface area (Å²) in [5.41, 5.74) is 8.35. The van der Waals surface area contributed by atoms with E-state index in [0.717, 1.165) is 12.2 Å². The minimum absolute atomic E-state index is 0.376. The van der Waals surface area contributed by atoms with Gasteiger partial charge in [0.15, 0.2) is 0 Å². The highest BCUT2D eigenvalue weighted by molar-refractivity contribution is 5.59. The Labute approximate surface area is 78.5 Å². The number of hydrogen-bond acceptors (Lipinski definition) is 2. The van der Waals surface area contributed by atoms with Gasteiger partial charge in [-0.15, -0.1) is 0 Å². The Morgan fingerprint density at radius 2 is 2.15 bits per heavy atom. The molecule has 1 aromatic rings. The van der Waals surface area contributed by atoms with E-state index < -0.39 is 0 Å². The summed E-state index contributed by atoms with van der Waals surface area (Å²) in [4.78, 5) is 0. The quantitative estimate of drug-likeness (QED) is 0.683. The predicted molar refractivity (Wildman–Crippen MR) is 54.8 cm³/mol. The molecule has 0 saturated heterocycles. The Morgan fingerprint density at radius 3 is 2.92 bits per heavy atom. The summed E-state index contributed by atoms with van der Waals surface area (Å²) in [7, 11) is 0. The molecule has 1 aliphatic rings. The summed E-state index contributed by atoms with van der Waals surface area (Å²) in [6.07, 6.45) is 3.05. The molecule has 0 aliphatic carbocycles. The number of rotatable bonds is 1. The van der Waals surface area contributed by atoms with Crippen LogP contribution in [0.5, 0.6) is 0 Å². The van der Waals surface area contributed by atoms with Crippen LogP contribution in [0.1, 0.15) is 30.5 Å². The van der Waals surface area contributed by atoms with Gasteiger partial charge in [0.05, 0.1) is 11.9 Å². The van der Waals surface area contributed by atoms with Gasteiger partial charge in [-0.05, 0) is 23.6 Å². The minimum atomic E-state index is 0.376. The zero-order valence-corrected chi connectivity index (χ0v) is 7.75. The first-order chi connectivity index (χ1) is 6.31. The van der Waals surface area contributed by atoms with E-state index in [9.17, 15) is 0 Å². The van der Waals surface area contributed by atoms with Gasteiger partial charge in [-0.1, -0.05) is 31.2 Å². The molecule has 1 aromatic carbocycles. The van der Waals surface area contributed by atoms with Gasteiger partial charge < -0.3 is 11.1 Å². The average molecular weight is 174 g/mol. The zero-order chi connectivity index (χ0) is 9.26. The number of benzene rings is 1. The van der Waals surface area contributed by atoms with Crippen molar-refractivity contribution in [2.45, 2.75) is 19.4 Å². The van der Waals surface area contributed by atoms with E-state index in [-0.39, 0.29) is 0 Å². The molecule has 0 amide bonds. The van der Waals surface area contributed by atoms with E-state index in [1.165, 1.54) is 11.1 Å². The summed E-state index contributed by atoms with van der Waals surface area (Å²) in [6, 6.07) is 8.74. The smallest absolute Gasteiger partial charge is 0.0971 e. The Kier molecular flexibility index (Phi) is 1.97. The van der Waals surface area contributed by atoms with E-state index in [1.54, 1.807) is 0 Å². The summed E-state index contributed by atoms with van der Waals surface area (Å²) in [5.74, 6) is 0.769. The normalized spacial score (nSPS) is 20.1. The molecule has 2 rings (SSSR count). The van der Waals surface area contributed by atoms with Gasteiger partial charge >= 0.3 is 0 Å². The highest BCUT2D eigenvalue weighted by Crippen LogP contribution is 2.26. The molecular weight excluding hydrogens is 160 g/mol. The number of nitrogens with one attached hydrogen (secondary N) is 1. The first-order valence-electron chi connectivity index (χ1n) is 4.64. The van der Waals surface area contributed by atoms with Crippen molar-refractivity contribution in [2.75, 3.05) is 0 Å². The van der Waals surface area contributed by atoms with Gasteiger partial charge in [-0.25, -0.2) is 0 Å². The first kappa shape index (κ1) is 8.17. The fourth-order valence-electron chi connectivity index (χ4n) is 1.77. The second-order valence-electron chi connectivity index (χ2n) is 3.33. The van der Waals surface area contributed by atoms with Crippen LogP contribution in [0.2, 0.25) is 0 Å². The van der Waals surface area contributed by atoms with Crippen LogP contribution < -0.4 is 11.1 Å². The Morgan fingerprint density at radius 1 is 1.38 bits per heavy atom. The van der Waals surface area contributed by atoms with Gasteiger partial charge in [0.2, 0.25) is 0 Å². The number of nitrogens with two attached hydrogens (primary N) is 1. The van der Waals surface area contributed by atoms with Crippen LogP contribution in [0.3, 0.4) is 0 Å². The average Bonchev–Trinajstić information content (AvgIpc) is 2.16. The molecule has 0 spiro atoms. The maximum absolute atomic E-state index is 5.77. The fraction of sp³-hybridized carbons (Fsp3) is 0.273. The van der Waals surface area contributed by atoms with Crippen molar-refractivity contribution in [3.8, 4) is 0 Å². The lowest BCUT2D eigenvalue weighted by Gasteiger charge is -2.25. The standard InChI is InChI=1S/C11H14N2/c1-2-10-9-6-4-3-5-8(9)7-11(12)13-10/h3-7,10,13H,2,12H2,1H3. The van der Waals surface area contributed by atoms with Gasteiger partial charge in [0.1, 0.15) is 0 Å². The molecule has 1 unspecified atom stereocenters. The molecule has 0 saturated carbocycles. The number of fused-ring (bicyclic) bond motifs is 1. The predicted octanol–water partition coefficient (Wildman–Crippen LogP) is 2.00. The summed E-state index contributed by atoms with van der Waals surface area (Å²) >= 11 is 0. The lowest BCUT2D eigenvalue weighted by atomic mass is 9.95. The molecule has 1 heterocycles. The highest BCUT2D eigenvalue weighted by Gasteiger charge is 2.16. The molecule has 0 bridgehead atoms. The Bertz CT molecular complexity index is 342. The molecule has 2 nitrogen and oxygen atoms in total. The van der Waals surface area contributed by atoms with Crippen molar-refractivity contribution in [3.63, 3.8) is 0 Å². The van der Waals surface area contributed by atoms with Crippen molar-refractivity contribution in [2.24, 2.45) is 5.73 Å². The molecular formula is C11H14N2. The molecule has 0 radical (unpaired) electrons. The Hall–Kier alpha value is -1.44. The Balaban J connectivity index is 2.48. The molecule has 2 heteroatoms. The van der Waals surface area contributed by atoms with Gasteiger partial charge in [-0.3, -0.25) is 0 Å². The lowest BCUT2D eigenvalue weighted by Crippen LogP contribution is -2.28. The van der Waals surface area contributed by atoms with E-state index in [0.29, 0.717) is 6.04 Å². The van der Waals surface area contributed by atoms with Crippen molar-refractivity contribution < 1.29 is 0 Å². The van der Waals surface area contributed by atoms with Crippen molar-refractivity contribution in [1.29, 1.82) is 0 Å². The third-order valence-corrected chi connectivity index (χ3v) is 2.43. The second kappa shape index (κ2) is 3.13. The molecule has 1 aliphatic heterocycles. The molecule has 0 fully saturated rings. The van der Waals surface area contributed by atoms with Crippen molar-refractivity contribution >= 4 is 6.08 Å². The minimum Gasteiger partial charge on any atom is -0.386 e. The van der Waals surface area contributed by atoms with E-state index in [2.05, 4.69) is 30.4 Å². The molecule has 68 valence electrons. The SMILES string of the molecule is CCC1NC(N)=Cc2ccccc21. The van der Waals surface area contributed by atoms with Crippen LogP contribution in [-0.4, -0.2) is 0 Å². The van der Waals surface area contributed by atoms with Gasteiger partial charge in [0, 0.05) is 0 Å². The fourth-order valence-corrected chi connectivity index (χ4v) is 1.77. The molecule has 1 atom stereocenters. The summed E-state index contributed by atoms with van der Waals surface area (Å²) in [6.45, 7) is 2.16. The van der Waals surface area contributed by atoms with Gasteiger partial charge in [0.25, 0.3) is 0 Å². The third kappa shape index (κ3) is 1.39. The van der Waals surface area contributed by atoms with Crippen LogP contribution in [0.4, 0.5) is 0 Å². The van der Waals surface area contributed by atoms with Crippen molar-refractivity contribution in [3.05, 3.63) is 41.2 Å². The maximum atomic E-state index is 5.77. The lowest BCUT2D eigenvalue weighted by molar-refractivity contribution is 0.569. The van der Waals surface area contributed by atoms with Crippen LogP contribution in [0, 0.1) is 0 Å². The van der Waals surface area contributed by atoms with Crippen LogP contribution >= 0.6 is 0 Å². The van der Waals surface area contributed by atoms with Crippen LogP contribution in [0.25, 0.3) is 6.08 Å². The topological polar surface area (TPSA) is 38.0 Å². The summed E-state index contributed by atoms with van der Waals surface area (Å²) < 4.78 is 0. The second-order valence-corrected chi connectivity index (χ2v) is 3.33. The highest BCUT2D eigenvalue weighted by atomic mass is 15.0. The van der Waals surface area contributed by atoms with E-state index in [4.69, 9.17) is 5.73 Å². The zero-order valence-electron chi connectivity index (χ0n) is 7.75. The molecule has 13 heavy (non-hydrogen) atoms. The largest absolute Gasteiger partial charge is 0.386 e. The van der Waals surface area contributed by atoms with Crippen molar-refractivity contribution in [1.82, 2.24) is 5.32 Å². The molecule has 3 N–H and O–H groups in total. The van der Waals surface area contributed by atoms with Gasteiger partial charge in [-0.2, -0.15) is 0 Å². The maximum Gasteiger partial charge on any atom is 0.0971 e. The monoisotopic (exact) mass is 174 g/mol. The first-order valence-corrected chi connectivity index (χ1v) is 4.64. The number of hydrogen-bond donors (Lipinski definition) is 2. The summed E-state index contributed by atoms with van der Waals surface area (Å²) in [5, 5.41) is 3.26. The van der Waals surface area contributed by atoms with Crippen LogP contribution in [-0.2, 0) is 0 Å². The van der Waals surface area contributed by atoms with E-state index in [1.807, 2.05) is 12.1 Å². The van der Waals surface area contributed by atoms with E-state index >= 15 is 0 Å². The van der Waals surface area contributed by atoms with Crippen LogP contribution in [0.15, 0.2) is 30.1 Å². The third-order valence-electron chi connectivity index (χ3n) is 2.43. The molecule has 0 aromatic heterocycles.